The monoisotopic (exact) mass is 303 g/mol. The molecule has 2 aliphatic rings. The van der Waals surface area contributed by atoms with Crippen molar-refractivity contribution in [2.24, 2.45) is 0 Å². The third-order valence-corrected chi connectivity index (χ3v) is 8.01. The second-order valence-corrected chi connectivity index (χ2v) is 8.91. The molecule has 0 amide bonds. The predicted molar refractivity (Wildman–Crippen MR) is 88.4 cm³/mol. The fourth-order valence-corrected chi connectivity index (χ4v) is 6.18. The highest BCUT2D eigenvalue weighted by molar-refractivity contribution is 8.07. The number of ether oxygens (including phenoxy) is 1. The Morgan fingerprint density at radius 1 is 1.32 bits per heavy atom. The molecule has 0 spiro atoms. The van der Waals surface area contributed by atoms with Gasteiger partial charge in [-0.1, -0.05) is 13.8 Å². The van der Waals surface area contributed by atoms with E-state index in [0.717, 1.165) is 22.4 Å². The molecule has 0 saturated carbocycles. The summed E-state index contributed by atoms with van der Waals surface area (Å²) >= 11 is 4.35. The van der Waals surface area contributed by atoms with Crippen LogP contribution in [0.25, 0.3) is 0 Å². The van der Waals surface area contributed by atoms with E-state index in [1.54, 1.807) is 0 Å². The first kappa shape index (κ1) is 16.0. The Balaban J connectivity index is 1.70. The van der Waals surface area contributed by atoms with Crippen LogP contribution in [-0.4, -0.2) is 47.3 Å². The van der Waals surface area contributed by atoms with E-state index in [0.29, 0.717) is 12.1 Å². The number of thioether (sulfide) groups is 2. The van der Waals surface area contributed by atoms with Gasteiger partial charge in [0.05, 0.1) is 6.10 Å². The van der Waals surface area contributed by atoms with Crippen molar-refractivity contribution in [3.8, 4) is 0 Å². The largest absolute Gasteiger partial charge is 0.378 e. The van der Waals surface area contributed by atoms with Crippen LogP contribution in [0.5, 0.6) is 0 Å². The van der Waals surface area contributed by atoms with E-state index in [2.05, 4.69) is 49.7 Å². The zero-order valence-electron chi connectivity index (χ0n) is 12.6. The van der Waals surface area contributed by atoms with Crippen molar-refractivity contribution in [1.29, 1.82) is 0 Å². The second kappa shape index (κ2) is 8.16. The van der Waals surface area contributed by atoms with Gasteiger partial charge in [-0.3, -0.25) is 0 Å². The van der Waals surface area contributed by atoms with Gasteiger partial charge in [0.2, 0.25) is 0 Å². The van der Waals surface area contributed by atoms with Crippen LogP contribution in [0.3, 0.4) is 0 Å². The van der Waals surface area contributed by atoms with Crippen molar-refractivity contribution in [1.82, 2.24) is 5.32 Å². The van der Waals surface area contributed by atoms with Crippen molar-refractivity contribution >= 4 is 23.5 Å². The molecule has 2 nitrogen and oxygen atoms in total. The first-order valence-electron chi connectivity index (χ1n) is 7.76. The molecule has 19 heavy (non-hydrogen) atoms. The van der Waals surface area contributed by atoms with Crippen molar-refractivity contribution in [3.05, 3.63) is 0 Å². The third-order valence-electron chi connectivity index (χ3n) is 4.46. The lowest BCUT2D eigenvalue weighted by Gasteiger charge is -2.36. The molecule has 2 heterocycles. The molecule has 0 aromatic heterocycles. The normalized spacial score (nSPS) is 37.4. The van der Waals surface area contributed by atoms with Gasteiger partial charge >= 0.3 is 0 Å². The molecule has 1 N–H and O–H groups in total. The van der Waals surface area contributed by atoms with Gasteiger partial charge in [0.1, 0.15) is 0 Å². The van der Waals surface area contributed by atoms with E-state index >= 15 is 0 Å². The second-order valence-electron chi connectivity index (χ2n) is 5.88. The van der Waals surface area contributed by atoms with Crippen LogP contribution in [0.15, 0.2) is 0 Å². The van der Waals surface area contributed by atoms with Gasteiger partial charge in [0.25, 0.3) is 0 Å². The summed E-state index contributed by atoms with van der Waals surface area (Å²) in [7, 11) is 2.13. The van der Waals surface area contributed by atoms with Crippen LogP contribution in [0.1, 0.15) is 46.0 Å². The van der Waals surface area contributed by atoms with Gasteiger partial charge in [0, 0.05) is 34.2 Å². The van der Waals surface area contributed by atoms with Crippen molar-refractivity contribution in [2.75, 3.05) is 19.4 Å². The minimum absolute atomic E-state index is 0.560. The van der Waals surface area contributed by atoms with Gasteiger partial charge < -0.3 is 10.1 Å². The molecule has 2 aliphatic heterocycles. The lowest BCUT2D eigenvalue weighted by molar-refractivity contribution is 0.101. The Labute approximate surface area is 127 Å². The molecular weight excluding hydrogens is 274 g/mol. The standard InChI is InChI=1S/C15H29NOS2/c1-11-12(2)19-15(10-18-11)14(16-3)8-4-6-13-7-5-9-17-13/h11-16H,4-10H2,1-3H3. The van der Waals surface area contributed by atoms with Gasteiger partial charge in [-0.15, -0.1) is 0 Å². The third kappa shape index (κ3) is 4.83. The Bertz CT molecular complexity index is 259. The quantitative estimate of drug-likeness (QED) is 0.810. The van der Waals surface area contributed by atoms with E-state index in [9.17, 15) is 0 Å². The van der Waals surface area contributed by atoms with Crippen LogP contribution >= 0.6 is 23.5 Å². The highest BCUT2D eigenvalue weighted by Crippen LogP contribution is 2.37. The molecule has 5 unspecified atom stereocenters. The van der Waals surface area contributed by atoms with E-state index in [4.69, 9.17) is 4.74 Å². The number of rotatable bonds is 6. The highest BCUT2D eigenvalue weighted by Gasteiger charge is 2.30. The fraction of sp³-hybridized carbons (Fsp3) is 1.00. The van der Waals surface area contributed by atoms with Crippen LogP contribution < -0.4 is 5.32 Å². The number of nitrogens with one attached hydrogen (secondary N) is 1. The maximum Gasteiger partial charge on any atom is 0.0576 e. The van der Waals surface area contributed by atoms with E-state index < -0.39 is 0 Å². The SMILES string of the molecule is CNC(CCCC1CCCO1)C1CSC(C)C(C)S1. The molecule has 0 aromatic rings. The zero-order valence-corrected chi connectivity index (χ0v) is 14.2. The van der Waals surface area contributed by atoms with Crippen molar-refractivity contribution < 1.29 is 4.74 Å². The summed E-state index contributed by atoms with van der Waals surface area (Å²) in [5, 5.41) is 5.94. The van der Waals surface area contributed by atoms with E-state index in [1.807, 2.05) is 0 Å². The maximum absolute atomic E-state index is 5.72. The zero-order chi connectivity index (χ0) is 13.7. The molecule has 2 fully saturated rings. The fourth-order valence-electron chi connectivity index (χ4n) is 2.97. The van der Waals surface area contributed by atoms with Crippen LogP contribution in [0.4, 0.5) is 0 Å². The maximum atomic E-state index is 5.72. The first-order valence-corrected chi connectivity index (χ1v) is 9.75. The molecule has 5 atom stereocenters. The lowest BCUT2D eigenvalue weighted by Crippen LogP contribution is -2.41. The highest BCUT2D eigenvalue weighted by atomic mass is 32.2. The van der Waals surface area contributed by atoms with E-state index in [-0.39, 0.29) is 0 Å². The first-order chi connectivity index (χ1) is 9.20. The summed E-state index contributed by atoms with van der Waals surface area (Å²) in [5.41, 5.74) is 0. The summed E-state index contributed by atoms with van der Waals surface area (Å²) in [6.45, 7) is 5.74. The summed E-state index contributed by atoms with van der Waals surface area (Å²) in [6, 6.07) is 0.675. The Hall–Kier alpha value is 0.620. The minimum Gasteiger partial charge on any atom is -0.378 e. The predicted octanol–water partition coefficient (Wildman–Crippen LogP) is 3.55. The summed E-state index contributed by atoms with van der Waals surface area (Å²) in [5.74, 6) is 1.31. The van der Waals surface area contributed by atoms with Crippen molar-refractivity contribution in [2.45, 2.75) is 73.8 Å². The molecule has 2 rings (SSSR count). The van der Waals surface area contributed by atoms with Gasteiger partial charge in [-0.2, -0.15) is 23.5 Å². The van der Waals surface area contributed by atoms with Gasteiger partial charge in [-0.25, -0.2) is 0 Å². The Kier molecular flexibility index (Phi) is 6.87. The Morgan fingerprint density at radius 2 is 2.16 bits per heavy atom. The smallest absolute Gasteiger partial charge is 0.0576 e. The van der Waals surface area contributed by atoms with Gasteiger partial charge in [-0.05, 0) is 39.2 Å². The molecule has 112 valence electrons. The number of hydrogen-bond donors (Lipinski definition) is 1. The lowest BCUT2D eigenvalue weighted by atomic mass is 10.0. The average Bonchev–Trinajstić information content (AvgIpc) is 2.91. The average molecular weight is 304 g/mol. The summed E-state index contributed by atoms with van der Waals surface area (Å²) in [6.07, 6.45) is 6.98. The molecular formula is C15H29NOS2. The van der Waals surface area contributed by atoms with E-state index in [1.165, 1.54) is 37.9 Å². The molecule has 0 bridgehead atoms. The summed E-state index contributed by atoms with van der Waals surface area (Å²) < 4.78 is 5.72. The molecule has 4 heteroatoms. The minimum atomic E-state index is 0.560. The van der Waals surface area contributed by atoms with Gasteiger partial charge in [0.15, 0.2) is 0 Å². The van der Waals surface area contributed by atoms with Crippen LogP contribution in [-0.2, 0) is 4.74 Å². The van der Waals surface area contributed by atoms with Crippen LogP contribution in [0.2, 0.25) is 0 Å². The topological polar surface area (TPSA) is 21.3 Å². The summed E-state index contributed by atoms with van der Waals surface area (Å²) in [4.78, 5) is 0. The molecule has 2 saturated heterocycles. The Morgan fingerprint density at radius 3 is 2.79 bits per heavy atom. The molecule has 0 radical (unpaired) electrons. The van der Waals surface area contributed by atoms with Crippen LogP contribution in [0, 0.1) is 0 Å². The van der Waals surface area contributed by atoms with Crippen molar-refractivity contribution in [3.63, 3.8) is 0 Å². The molecule has 0 aromatic carbocycles. The molecule has 0 aliphatic carbocycles. The number of hydrogen-bond acceptors (Lipinski definition) is 4.